The summed E-state index contributed by atoms with van der Waals surface area (Å²) in [6, 6.07) is 97.9. The van der Waals surface area contributed by atoms with E-state index < -0.39 is 45.0 Å². The van der Waals surface area contributed by atoms with Crippen molar-refractivity contribution < 1.29 is 57.9 Å². The van der Waals surface area contributed by atoms with Gasteiger partial charge in [0.05, 0.1) is 47.7 Å². The predicted octanol–water partition coefficient (Wildman–Crippen LogP) is 19.9. The fraction of sp³-hybridized carbons (Fsp3) is 0.475. The number of hydrogen-bond donors (Lipinski definition) is 5. The first kappa shape index (κ1) is 113. The highest BCUT2D eigenvalue weighted by Crippen LogP contribution is 2.45. The van der Waals surface area contributed by atoms with Crippen molar-refractivity contribution in [2.75, 3.05) is 150 Å². The monoisotopic (exact) mass is 1960 g/mol. The third kappa shape index (κ3) is 31.3. The Balaban J connectivity index is 0.000000167. The zero-order valence-electron chi connectivity index (χ0n) is 87.4. The van der Waals surface area contributed by atoms with Gasteiger partial charge in [0.2, 0.25) is 5.91 Å². The quantitative estimate of drug-likeness (QED) is 0.0143. The predicted molar refractivity (Wildman–Crippen MR) is 578 cm³/mol. The van der Waals surface area contributed by atoms with Gasteiger partial charge in [0.1, 0.15) is 35.0 Å². The number of para-hydroxylation sites is 1. The van der Waals surface area contributed by atoms with Crippen LogP contribution >= 0.6 is 0 Å². The molecule has 6 N–H and O–H groups in total. The third-order valence-corrected chi connectivity index (χ3v) is 29.9. The largest absolute Gasteiger partial charge is 0.490 e. The highest BCUT2D eigenvalue weighted by atomic mass is 16.6. The van der Waals surface area contributed by atoms with Gasteiger partial charge < -0.3 is 74.8 Å². The van der Waals surface area contributed by atoms with Crippen LogP contribution in [0.4, 0.5) is 5.69 Å². The zero-order valence-corrected chi connectivity index (χ0v) is 87.4. The van der Waals surface area contributed by atoms with Gasteiger partial charge in [-0.1, -0.05) is 301 Å². The van der Waals surface area contributed by atoms with Gasteiger partial charge >= 0.3 is 23.9 Å². The van der Waals surface area contributed by atoms with Crippen LogP contribution in [-0.4, -0.2) is 238 Å². The number of likely N-dealkylation sites (tertiary alicyclic amines) is 6. The van der Waals surface area contributed by atoms with Crippen LogP contribution in [-0.2, 0) is 70.2 Å². The molecule has 0 radical (unpaired) electrons. The standard InChI is InChI=1S/C27H34N4O.C23H30N2O2.C23H29NO3.C17H25NO2.C16H23NO2.C16H21NO2/c28-22-26(23-10-4-1-5-11-23,24-12-6-2-7-13-24)14-19-30-20-15-27(16-21-30,25(29)32)31-17-8-3-9-18-31;1-2-27-22(26)23(20-10-5-3-6-11-20)14-18-25(19-15-23)17-9-16-24-21-12-7-4-8-13-21;1-2-27-22(26)23(20-11-7-4-8-12-20)14-17-24(18-15-23)16-13-21(25)19-9-5-3-6-10-19;1-4-16(19)20-17(15-9-6-5-7-10-15)11-8-12-18(3)13-14(17)2;1-13(2)19-15(18)16(9-11-17(3)12-10-16)14-7-5-4-6-8-14;1-12(2)17-10-14(18)11-19-16-9-5-7-13-6-3-4-8-15(13)16/h1-2,4-7,10-13H,3,8-9,14-21H2,(H2,29,32);3-8,10-13,24H,2,9,14-19H2,1H3;3-12,21,25H,2,13-18H2,1H3;5-7,9-10,14H,4,8,11-13H2,1-3H3;4-8,13H,9-12H2,1-3H3;3-9,12,14,17-18H,10-11H2,1-2H3. The highest BCUT2D eigenvalue weighted by molar-refractivity contribution is 5.89. The molecule has 0 aromatic heterocycles. The fourth-order valence-electron chi connectivity index (χ4n) is 21.3. The molecule has 6 aliphatic heterocycles. The lowest BCUT2D eigenvalue weighted by atomic mass is 9.72. The summed E-state index contributed by atoms with van der Waals surface area (Å²) in [6.45, 7) is 32.0. The molecule has 22 heteroatoms. The van der Waals surface area contributed by atoms with Gasteiger partial charge in [0.25, 0.3) is 0 Å². The zero-order chi connectivity index (χ0) is 103. The van der Waals surface area contributed by atoms with E-state index in [-0.39, 0.29) is 41.8 Å². The molecule has 0 saturated carbocycles. The first-order chi connectivity index (χ1) is 69.8. The van der Waals surface area contributed by atoms with E-state index in [4.69, 9.17) is 29.4 Å². The number of hydrogen-bond acceptors (Lipinski definition) is 21. The number of nitrogens with one attached hydrogen (secondary N) is 2. The lowest BCUT2D eigenvalue weighted by molar-refractivity contribution is -0.168. The number of benzene rings is 10. The summed E-state index contributed by atoms with van der Waals surface area (Å²) in [6.07, 6.45) is 13.8. The van der Waals surface area contributed by atoms with Gasteiger partial charge in [-0.25, -0.2) is 0 Å². The van der Waals surface area contributed by atoms with E-state index in [0.717, 1.165) is 244 Å². The van der Waals surface area contributed by atoms with Gasteiger partial charge in [-0.05, 0) is 266 Å². The first-order valence-electron chi connectivity index (χ1n) is 52.9. The normalized spacial score (nSPS) is 19.0. The summed E-state index contributed by atoms with van der Waals surface area (Å²) in [5.74, 6) is 0.586. The Bertz CT molecular complexity index is 5390. The molecule has 16 rings (SSSR count). The van der Waals surface area contributed by atoms with Gasteiger partial charge in [-0.2, -0.15) is 5.26 Å². The van der Waals surface area contributed by atoms with Crippen molar-refractivity contribution in [2.24, 2.45) is 11.7 Å². The van der Waals surface area contributed by atoms with Crippen LogP contribution < -0.4 is 21.1 Å². The topological polar surface area (TPSA) is 265 Å². The number of piperidine rings is 5. The summed E-state index contributed by atoms with van der Waals surface area (Å²) in [5.41, 5.74) is 11.3. The van der Waals surface area contributed by atoms with Crippen molar-refractivity contribution in [3.05, 3.63) is 324 Å². The number of primary amides is 1. The second kappa shape index (κ2) is 57.4. The van der Waals surface area contributed by atoms with Crippen LogP contribution in [0.15, 0.2) is 285 Å². The van der Waals surface area contributed by atoms with Crippen LogP contribution in [0.2, 0.25) is 0 Å². The van der Waals surface area contributed by atoms with Crippen molar-refractivity contribution >= 4 is 46.2 Å². The highest BCUT2D eigenvalue weighted by Gasteiger charge is 2.50. The number of carbonyl (C=O) groups is 5. The molecular formula is C122H162N10O12. The van der Waals surface area contributed by atoms with E-state index in [0.29, 0.717) is 51.7 Å². The van der Waals surface area contributed by atoms with Crippen molar-refractivity contribution in [1.82, 2.24) is 34.7 Å². The molecule has 4 unspecified atom stereocenters. The Hall–Kier alpha value is -11.5. The van der Waals surface area contributed by atoms with E-state index in [1.165, 1.54) is 12.1 Å². The number of aliphatic hydroxyl groups is 2. The van der Waals surface area contributed by atoms with Crippen LogP contribution in [0.1, 0.15) is 210 Å². The number of nitrogens with zero attached hydrogens (tertiary/aromatic N) is 7. The number of anilines is 1. The number of fused-ring (bicyclic) bond motifs is 1. The van der Waals surface area contributed by atoms with Gasteiger partial charge in [0, 0.05) is 75.3 Å². The minimum absolute atomic E-state index is 0.0623. The molecule has 6 fully saturated rings. The Morgan fingerprint density at radius 2 is 0.931 bits per heavy atom. The lowest BCUT2D eigenvalue weighted by Gasteiger charge is -2.48. The minimum atomic E-state index is -0.687. The molecule has 22 nitrogen and oxygen atoms in total. The second-order valence-electron chi connectivity index (χ2n) is 40.2. The lowest BCUT2D eigenvalue weighted by Crippen LogP contribution is -2.63. The fourth-order valence-corrected chi connectivity index (χ4v) is 21.3. The summed E-state index contributed by atoms with van der Waals surface area (Å²) >= 11 is 0. The molecule has 1 amide bonds. The number of ether oxygens (including phenoxy) is 5. The Morgan fingerprint density at radius 1 is 0.486 bits per heavy atom. The third-order valence-electron chi connectivity index (χ3n) is 29.9. The summed E-state index contributed by atoms with van der Waals surface area (Å²) in [5, 5.41) is 39.5. The van der Waals surface area contributed by atoms with E-state index in [2.05, 4.69) is 154 Å². The van der Waals surface area contributed by atoms with Crippen molar-refractivity contribution in [3.8, 4) is 11.8 Å². The van der Waals surface area contributed by atoms with E-state index in [9.17, 15) is 39.4 Å². The second-order valence-corrected chi connectivity index (χ2v) is 40.2. The Kier molecular flexibility index (Phi) is 45.0. The number of amides is 1. The number of nitriles is 1. The molecule has 6 saturated heterocycles. The summed E-state index contributed by atoms with van der Waals surface area (Å²) in [4.78, 5) is 76.8. The maximum absolute atomic E-state index is 12.8. The van der Waals surface area contributed by atoms with Crippen molar-refractivity contribution in [1.29, 1.82) is 5.26 Å². The minimum Gasteiger partial charge on any atom is -0.490 e. The average molecular weight is 1960 g/mol. The number of aliphatic hydroxyl groups excluding tert-OH is 2. The van der Waals surface area contributed by atoms with Crippen LogP contribution in [0.5, 0.6) is 5.75 Å². The molecule has 0 bridgehead atoms. The van der Waals surface area contributed by atoms with Crippen molar-refractivity contribution in [3.63, 3.8) is 0 Å². The van der Waals surface area contributed by atoms with Gasteiger partial charge in [0.15, 0.2) is 0 Å². The van der Waals surface area contributed by atoms with Gasteiger partial charge in [-0.15, -0.1) is 0 Å². The molecule has 772 valence electrons. The SMILES string of the molecule is CC(C)NCC(O)COc1cccc2ccccc12.CC(C)OC(=O)C1(c2ccccc2)CCN(C)CC1.CCC(=O)OC1(c2ccccc2)CCCN(C)CC1C.CCOC(=O)C1(c2ccccc2)CCN(CCC(O)c2ccccc2)CC1.CCOC(=O)C1(c2ccccc2)CCN(CCCNc2ccccc2)CC1.N#CC(CCN1CCC(C(N)=O)(N2CCCCC2)CC1)(c1ccccc1)c1ccccc1. The number of rotatable bonds is 34. The number of carbonyl (C=O) groups excluding carboxylic acids is 5. The number of nitrogens with two attached hydrogens (primary N) is 1. The Morgan fingerprint density at radius 3 is 1.42 bits per heavy atom. The smallest absolute Gasteiger partial charge is 0.316 e. The van der Waals surface area contributed by atoms with E-state index in [1.54, 1.807) is 0 Å². The van der Waals surface area contributed by atoms with Crippen LogP contribution in [0, 0.1) is 17.2 Å². The average Bonchev–Trinajstić information content (AvgIpc) is 0.889. The van der Waals surface area contributed by atoms with E-state index >= 15 is 0 Å². The molecule has 6 heterocycles. The first-order valence-corrected chi connectivity index (χ1v) is 52.9. The molecule has 4 atom stereocenters. The van der Waals surface area contributed by atoms with Crippen LogP contribution in [0.25, 0.3) is 10.8 Å². The maximum Gasteiger partial charge on any atom is 0.316 e. The van der Waals surface area contributed by atoms with Crippen LogP contribution in [0.3, 0.4) is 0 Å². The molecule has 10 aromatic carbocycles. The summed E-state index contributed by atoms with van der Waals surface area (Å²) in [7, 11) is 4.24. The number of esters is 4. The molecule has 10 aromatic rings. The molecule has 0 spiro atoms. The molecule has 144 heavy (non-hydrogen) atoms. The Labute approximate surface area is 858 Å². The summed E-state index contributed by atoms with van der Waals surface area (Å²) < 4.78 is 28.1. The van der Waals surface area contributed by atoms with Crippen molar-refractivity contribution in [2.45, 2.75) is 222 Å². The molecule has 6 aliphatic rings. The van der Waals surface area contributed by atoms with Gasteiger partial charge in [-0.3, -0.25) is 28.9 Å². The maximum atomic E-state index is 12.8. The molecule has 0 aliphatic carbocycles. The van der Waals surface area contributed by atoms with E-state index in [1.807, 2.05) is 247 Å². The molecular weight excluding hydrogens is 1800 g/mol.